The molecule has 0 aromatic heterocycles. The Bertz CT molecular complexity index is 523. The summed E-state index contributed by atoms with van der Waals surface area (Å²) in [4.78, 5) is 20.9. The van der Waals surface area contributed by atoms with Crippen LogP contribution in [-0.2, 0) is 24.6 Å². The zero-order valence-corrected chi connectivity index (χ0v) is 19.8. The van der Waals surface area contributed by atoms with E-state index < -0.39 is 5.69 Å². The van der Waals surface area contributed by atoms with Gasteiger partial charge in [0.1, 0.15) is 0 Å². The first-order chi connectivity index (χ1) is 13.0. The van der Waals surface area contributed by atoms with E-state index in [0.29, 0.717) is 0 Å². The number of unbranched alkanes of at least 4 members (excludes halogenated alkanes) is 10. The van der Waals surface area contributed by atoms with Crippen LogP contribution in [0.1, 0.15) is 102 Å². The van der Waals surface area contributed by atoms with E-state index in [1.165, 1.54) is 75.3 Å². The van der Waals surface area contributed by atoms with Crippen LogP contribution < -0.4 is 0 Å². The molecule has 0 saturated carbocycles. The molecular weight excluding hydrogens is 391 g/mol. The Balaban J connectivity index is 2.64. The van der Waals surface area contributed by atoms with Gasteiger partial charge >= 0.3 is 0 Å². The Morgan fingerprint density at radius 1 is 0.741 bits per heavy atom. The predicted molar refractivity (Wildman–Crippen MR) is 125 cm³/mol. The summed E-state index contributed by atoms with van der Waals surface area (Å²) in [5, 5.41) is 0. The van der Waals surface area contributed by atoms with Crippen molar-refractivity contribution in [3.8, 4) is 0 Å². The van der Waals surface area contributed by atoms with Crippen molar-refractivity contribution in [1.82, 2.24) is 0 Å². The zero-order valence-electron chi connectivity index (χ0n) is 17.3. The molecular formula is C22H39O2PS2. The van der Waals surface area contributed by atoms with Gasteiger partial charge in [-0.15, -0.1) is 0 Å². The second-order valence-corrected chi connectivity index (χ2v) is 13.4. The summed E-state index contributed by atoms with van der Waals surface area (Å²) in [6, 6.07) is 6.41. The Morgan fingerprint density at radius 3 is 1.56 bits per heavy atom. The van der Waals surface area contributed by atoms with Crippen LogP contribution in [0.3, 0.4) is 0 Å². The van der Waals surface area contributed by atoms with E-state index in [4.69, 9.17) is 11.8 Å². The third kappa shape index (κ3) is 12.3. The van der Waals surface area contributed by atoms with Crippen LogP contribution in [-0.4, -0.2) is 9.79 Å². The monoisotopic (exact) mass is 430 g/mol. The molecule has 0 spiro atoms. The highest BCUT2D eigenvalue weighted by molar-refractivity contribution is 8.67. The van der Waals surface area contributed by atoms with Crippen molar-refractivity contribution in [2.45, 2.75) is 109 Å². The molecule has 0 fully saturated rings. The molecule has 27 heavy (non-hydrogen) atoms. The highest BCUT2D eigenvalue weighted by atomic mass is 32.9. The van der Waals surface area contributed by atoms with Crippen LogP contribution in [0, 0.1) is 0 Å². The molecule has 1 rings (SSSR count). The number of rotatable bonds is 16. The van der Waals surface area contributed by atoms with Gasteiger partial charge in [0.2, 0.25) is 5.69 Å². The molecule has 0 radical (unpaired) electrons. The largest absolute Gasteiger partial charge is 0.337 e. The summed E-state index contributed by atoms with van der Waals surface area (Å²) in [7, 11) is 0. The highest BCUT2D eigenvalue weighted by Crippen LogP contribution is 2.56. The first kappa shape index (κ1) is 25.2. The van der Waals surface area contributed by atoms with Crippen LogP contribution in [0.5, 0.6) is 0 Å². The van der Waals surface area contributed by atoms with E-state index in [9.17, 15) is 9.79 Å². The fraction of sp³-hybridized carbons (Fsp3) is 0.727. The van der Waals surface area contributed by atoms with Gasteiger partial charge in [-0.05, 0) is 60.0 Å². The average Bonchev–Trinajstić information content (AvgIpc) is 2.61. The average molecular weight is 431 g/mol. The minimum atomic E-state index is -3.30. The molecule has 156 valence electrons. The van der Waals surface area contributed by atoms with Crippen molar-refractivity contribution in [2.24, 2.45) is 0 Å². The van der Waals surface area contributed by atoms with E-state index in [1.54, 1.807) is 0 Å². The molecule has 0 aliphatic rings. The Morgan fingerprint density at radius 2 is 1.15 bits per heavy atom. The van der Waals surface area contributed by atoms with E-state index in [2.05, 4.69) is 32.0 Å². The second-order valence-electron chi connectivity index (χ2n) is 7.52. The van der Waals surface area contributed by atoms with E-state index in [0.717, 1.165) is 42.0 Å². The highest BCUT2D eigenvalue weighted by Gasteiger charge is 2.17. The summed E-state index contributed by atoms with van der Waals surface area (Å²) < 4.78 is 0. The van der Waals surface area contributed by atoms with E-state index >= 15 is 0 Å². The van der Waals surface area contributed by atoms with Crippen molar-refractivity contribution >= 4 is 28.9 Å². The van der Waals surface area contributed by atoms with Crippen LogP contribution in [0.15, 0.2) is 23.1 Å². The topological polar surface area (TPSA) is 40.5 Å². The summed E-state index contributed by atoms with van der Waals surface area (Å²) >= 11 is 6.07. The van der Waals surface area contributed by atoms with Crippen molar-refractivity contribution in [3.05, 3.63) is 29.3 Å². The third-order valence-corrected chi connectivity index (χ3v) is 7.86. The molecule has 0 unspecified atom stereocenters. The fourth-order valence-corrected chi connectivity index (χ4v) is 6.36. The smallest absolute Gasteiger partial charge is 0.246 e. The first-order valence-electron chi connectivity index (χ1n) is 10.8. The van der Waals surface area contributed by atoms with Gasteiger partial charge < -0.3 is 9.79 Å². The van der Waals surface area contributed by atoms with Crippen molar-refractivity contribution in [2.75, 3.05) is 0 Å². The fourth-order valence-electron chi connectivity index (χ4n) is 3.46. The molecule has 2 nitrogen and oxygen atoms in total. The molecule has 0 aliphatic heterocycles. The predicted octanol–water partition coefficient (Wildman–Crippen LogP) is 7.79. The van der Waals surface area contributed by atoms with E-state index in [1.807, 2.05) is 0 Å². The summed E-state index contributed by atoms with van der Waals surface area (Å²) in [5.41, 5.74) is -0.806. The maximum Gasteiger partial charge on any atom is 0.246 e. The minimum Gasteiger partial charge on any atom is -0.337 e. The van der Waals surface area contributed by atoms with Gasteiger partial charge in [-0.2, -0.15) is 0 Å². The van der Waals surface area contributed by atoms with Gasteiger partial charge in [-0.1, -0.05) is 96.3 Å². The molecule has 0 saturated heterocycles. The van der Waals surface area contributed by atoms with Crippen LogP contribution >= 0.6 is 17.1 Å². The third-order valence-electron chi connectivity index (χ3n) is 4.99. The zero-order chi connectivity index (χ0) is 20.0. The molecule has 5 heteroatoms. The lowest BCUT2D eigenvalue weighted by Gasteiger charge is -2.16. The first-order valence-corrected chi connectivity index (χ1v) is 15.0. The van der Waals surface area contributed by atoms with Crippen molar-refractivity contribution in [3.63, 3.8) is 0 Å². The molecule has 0 atom stereocenters. The Kier molecular flexibility index (Phi) is 14.0. The molecule has 2 N–H and O–H groups in total. The van der Waals surface area contributed by atoms with E-state index in [-0.39, 0.29) is 0 Å². The van der Waals surface area contributed by atoms with Crippen molar-refractivity contribution in [1.29, 1.82) is 0 Å². The Labute approximate surface area is 176 Å². The molecule has 0 bridgehead atoms. The summed E-state index contributed by atoms with van der Waals surface area (Å²) in [5.74, 6) is 0. The SMILES string of the molecule is CCCCCCCCc1cccc(CCCCCCCC)c1SP(O)(O)=S. The summed E-state index contributed by atoms with van der Waals surface area (Å²) in [6.45, 7) is 4.49. The van der Waals surface area contributed by atoms with Crippen LogP contribution in [0.25, 0.3) is 0 Å². The van der Waals surface area contributed by atoms with Crippen molar-refractivity contribution < 1.29 is 9.79 Å². The van der Waals surface area contributed by atoms with Gasteiger partial charge in [0.05, 0.1) is 0 Å². The number of benzene rings is 1. The molecule has 0 heterocycles. The number of aryl methyl sites for hydroxylation is 2. The Hall–Kier alpha value is 0.140. The lowest BCUT2D eigenvalue weighted by molar-refractivity contribution is 0.502. The van der Waals surface area contributed by atoms with Gasteiger partial charge in [0.15, 0.2) is 0 Å². The minimum absolute atomic E-state index is 1.01. The molecule has 0 amide bonds. The molecule has 1 aromatic carbocycles. The number of hydrogen-bond acceptors (Lipinski definition) is 2. The maximum absolute atomic E-state index is 9.90. The lowest BCUT2D eigenvalue weighted by atomic mass is 9.99. The molecule has 1 aromatic rings. The normalized spacial score (nSPS) is 11.9. The quantitative estimate of drug-likeness (QED) is 0.207. The van der Waals surface area contributed by atoms with Crippen LogP contribution in [0.4, 0.5) is 0 Å². The lowest BCUT2D eigenvalue weighted by Crippen LogP contribution is -1.96. The van der Waals surface area contributed by atoms with Gasteiger partial charge in [-0.3, -0.25) is 0 Å². The maximum atomic E-state index is 9.90. The van der Waals surface area contributed by atoms with Gasteiger partial charge in [0.25, 0.3) is 0 Å². The second kappa shape index (κ2) is 15.0. The summed E-state index contributed by atoms with van der Waals surface area (Å²) in [6.07, 6.45) is 17.3. The number of hydrogen-bond donors (Lipinski definition) is 2. The molecule has 0 aliphatic carbocycles. The van der Waals surface area contributed by atoms with Gasteiger partial charge in [-0.25, -0.2) is 0 Å². The standard InChI is InChI=1S/C22H39O2PS2/c1-3-5-7-9-11-13-16-20-18-15-19-21(22(20)27-25(23,24)26)17-14-12-10-8-6-4-2/h15,18-19H,3-14,16-17H2,1-2H3,(H2,23,24,26). The van der Waals surface area contributed by atoms with Crippen LogP contribution in [0.2, 0.25) is 0 Å². The van der Waals surface area contributed by atoms with Gasteiger partial charge in [0, 0.05) is 4.90 Å².